The normalized spacial score (nSPS) is 10.8. The monoisotopic (exact) mass is 304 g/mol. The van der Waals surface area contributed by atoms with Crippen molar-refractivity contribution in [3.8, 4) is 0 Å². The number of carbonyl (C=O) groups is 1. The van der Waals surface area contributed by atoms with Crippen molar-refractivity contribution in [2.45, 2.75) is 79.6 Å². The molecule has 3 heteroatoms. The van der Waals surface area contributed by atoms with E-state index in [2.05, 4.69) is 27.7 Å². The molecule has 0 atom stereocenters. The summed E-state index contributed by atoms with van der Waals surface area (Å²) in [6.45, 7) is 10.4. The minimum Gasteiger partial charge on any atom is -0.550 e. The maximum atomic E-state index is 8.89. The van der Waals surface area contributed by atoms with Gasteiger partial charge in [-0.1, -0.05) is 47.0 Å². The quantitative estimate of drug-likeness (QED) is 0.525. The van der Waals surface area contributed by atoms with Gasteiger partial charge in [0.15, 0.2) is 0 Å². The number of aliphatic carboxylic acids is 1. The third-order valence-electron chi connectivity index (χ3n) is 3.66. The van der Waals surface area contributed by atoms with Gasteiger partial charge in [0.05, 0.1) is 24.6 Å². The summed E-state index contributed by atoms with van der Waals surface area (Å²) in [6, 6.07) is 0. The van der Waals surface area contributed by atoms with Gasteiger partial charge in [-0.05, 0) is 32.6 Å². The lowest BCUT2D eigenvalue weighted by atomic mass is 10.4. The molecule has 0 aliphatic carbocycles. The molecule has 0 fully saturated rings. The highest BCUT2D eigenvalue weighted by Crippen LogP contribution is 2.61. The predicted octanol–water partition coefficient (Wildman–Crippen LogP) is 4.57. The molecule has 0 aliphatic rings. The second kappa shape index (κ2) is 15.3. The molecule has 0 aliphatic heterocycles. The van der Waals surface area contributed by atoms with Crippen molar-refractivity contribution in [3.63, 3.8) is 0 Å². The fraction of sp³-hybridized carbons (Fsp3) is 0.941. The van der Waals surface area contributed by atoms with Gasteiger partial charge >= 0.3 is 0 Å². The van der Waals surface area contributed by atoms with E-state index in [0.717, 1.165) is 6.92 Å². The largest absolute Gasteiger partial charge is 0.550 e. The van der Waals surface area contributed by atoms with E-state index in [1.54, 1.807) is 24.6 Å². The molecule has 2 nitrogen and oxygen atoms in total. The zero-order valence-electron chi connectivity index (χ0n) is 14.5. The van der Waals surface area contributed by atoms with Crippen LogP contribution in [0, 0.1) is 0 Å². The van der Waals surface area contributed by atoms with Gasteiger partial charge < -0.3 is 9.90 Å². The molecule has 0 unspecified atom stereocenters. The highest BCUT2D eigenvalue weighted by Gasteiger charge is 2.33. The Balaban J connectivity index is 0. The van der Waals surface area contributed by atoms with E-state index in [0.29, 0.717) is 0 Å². The summed E-state index contributed by atoms with van der Waals surface area (Å²) in [5, 5.41) is 8.89. The molecular formula is C17H37O2P. The second-order valence-corrected chi connectivity index (χ2v) is 10.3. The SMILES string of the molecule is CC(=O)[O-].CCCC[P+](CCC)(CCCC)CCCC. The van der Waals surface area contributed by atoms with Crippen LogP contribution < -0.4 is 5.11 Å². The van der Waals surface area contributed by atoms with Gasteiger partial charge in [0.25, 0.3) is 0 Å². The Bertz CT molecular complexity index is 191. The minimum absolute atomic E-state index is 0.546. The number of hydrogen-bond acceptors (Lipinski definition) is 2. The maximum absolute atomic E-state index is 8.89. The van der Waals surface area contributed by atoms with Crippen LogP contribution in [0.3, 0.4) is 0 Å². The van der Waals surface area contributed by atoms with Crippen molar-refractivity contribution in [1.82, 2.24) is 0 Å². The van der Waals surface area contributed by atoms with Gasteiger partial charge in [0.1, 0.15) is 0 Å². The Morgan fingerprint density at radius 3 is 1.25 bits per heavy atom. The Kier molecular flexibility index (Phi) is 17.0. The first-order valence-corrected chi connectivity index (χ1v) is 11.0. The van der Waals surface area contributed by atoms with Crippen LogP contribution in [0.15, 0.2) is 0 Å². The standard InChI is InChI=1S/C15H34P.C2H4O2/c1-5-9-13-16(12-8-4,14-10-6-2)15-11-7-3;1-2(3)4/h5-15H2,1-4H3;1H3,(H,3,4)/q+1;/p-1. The van der Waals surface area contributed by atoms with Gasteiger partial charge in [-0.3, -0.25) is 0 Å². The van der Waals surface area contributed by atoms with Gasteiger partial charge in [-0.15, -0.1) is 0 Å². The zero-order valence-corrected chi connectivity index (χ0v) is 15.4. The molecule has 0 saturated heterocycles. The molecule has 0 radical (unpaired) electrons. The maximum Gasteiger partial charge on any atom is 0.0594 e. The first kappa shape index (κ1) is 22.2. The number of rotatable bonds is 11. The first-order chi connectivity index (χ1) is 9.47. The van der Waals surface area contributed by atoms with E-state index < -0.39 is 13.2 Å². The van der Waals surface area contributed by atoms with Gasteiger partial charge in [0, 0.05) is 13.2 Å². The van der Waals surface area contributed by atoms with E-state index in [-0.39, 0.29) is 0 Å². The molecular weight excluding hydrogens is 267 g/mol. The lowest BCUT2D eigenvalue weighted by Gasteiger charge is -2.27. The van der Waals surface area contributed by atoms with Crippen molar-refractivity contribution >= 4 is 13.2 Å². The summed E-state index contributed by atoms with van der Waals surface area (Å²) in [4.78, 5) is 8.89. The second-order valence-electron chi connectivity index (χ2n) is 5.79. The van der Waals surface area contributed by atoms with E-state index >= 15 is 0 Å². The zero-order chi connectivity index (χ0) is 15.9. The van der Waals surface area contributed by atoms with Crippen molar-refractivity contribution in [2.24, 2.45) is 0 Å². The van der Waals surface area contributed by atoms with Crippen LogP contribution >= 0.6 is 7.26 Å². The summed E-state index contributed by atoms with van der Waals surface area (Å²) < 4.78 is 0. The van der Waals surface area contributed by atoms with E-state index in [9.17, 15) is 0 Å². The van der Waals surface area contributed by atoms with Crippen LogP contribution in [0.1, 0.15) is 79.6 Å². The molecule has 0 aromatic heterocycles. The van der Waals surface area contributed by atoms with Crippen molar-refractivity contribution in [1.29, 1.82) is 0 Å². The summed E-state index contributed by atoms with van der Waals surface area (Å²) in [5.41, 5.74) is 0. The fourth-order valence-corrected chi connectivity index (χ4v) is 7.88. The van der Waals surface area contributed by atoms with Crippen molar-refractivity contribution in [2.75, 3.05) is 24.6 Å². The van der Waals surface area contributed by atoms with Crippen LogP contribution in [0.5, 0.6) is 0 Å². The summed E-state index contributed by atoms with van der Waals surface area (Å²) in [7, 11) is -0.546. The van der Waals surface area contributed by atoms with Crippen LogP contribution in [0.2, 0.25) is 0 Å². The van der Waals surface area contributed by atoms with Crippen LogP contribution in [-0.2, 0) is 4.79 Å². The fourth-order valence-electron chi connectivity index (χ4n) is 2.63. The molecule has 122 valence electrons. The summed E-state index contributed by atoms with van der Waals surface area (Å²) in [5.74, 6) is -1.08. The Morgan fingerprint density at radius 2 is 1.05 bits per heavy atom. The average molecular weight is 304 g/mol. The Labute approximate surface area is 128 Å². The number of unbranched alkanes of at least 4 members (excludes halogenated alkanes) is 3. The number of hydrogen-bond donors (Lipinski definition) is 0. The van der Waals surface area contributed by atoms with Crippen LogP contribution in [-0.4, -0.2) is 30.6 Å². The highest BCUT2D eigenvalue weighted by molar-refractivity contribution is 7.75. The topological polar surface area (TPSA) is 40.1 Å². The highest BCUT2D eigenvalue weighted by atomic mass is 31.2. The number of carboxylic acid groups (broad SMARTS) is 1. The molecule has 0 amide bonds. The predicted molar refractivity (Wildman–Crippen MR) is 92.1 cm³/mol. The molecule has 0 bridgehead atoms. The number of carboxylic acids is 1. The van der Waals surface area contributed by atoms with Crippen molar-refractivity contribution < 1.29 is 9.90 Å². The van der Waals surface area contributed by atoms with Gasteiger partial charge in [-0.25, -0.2) is 0 Å². The molecule has 0 aromatic rings. The Morgan fingerprint density at radius 1 is 0.750 bits per heavy atom. The smallest absolute Gasteiger partial charge is 0.0594 e. The summed E-state index contributed by atoms with van der Waals surface area (Å²) >= 11 is 0. The van der Waals surface area contributed by atoms with Crippen LogP contribution in [0.25, 0.3) is 0 Å². The van der Waals surface area contributed by atoms with Gasteiger partial charge in [0.2, 0.25) is 0 Å². The molecule has 0 saturated carbocycles. The first-order valence-electron chi connectivity index (χ1n) is 8.50. The molecule has 20 heavy (non-hydrogen) atoms. The van der Waals surface area contributed by atoms with Crippen LogP contribution in [0.4, 0.5) is 0 Å². The summed E-state index contributed by atoms with van der Waals surface area (Å²) in [6.07, 6.45) is 16.4. The molecule has 0 N–H and O–H groups in total. The van der Waals surface area contributed by atoms with E-state index in [1.807, 2.05) is 0 Å². The molecule has 0 spiro atoms. The van der Waals surface area contributed by atoms with E-state index in [4.69, 9.17) is 9.90 Å². The van der Waals surface area contributed by atoms with E-state index in [1.165, 1.54) is 44.9 Å². The molecule has 0 heterocycles. The number of carbonyl (C=O) groups excluding carboxylic acids is 1. The third-order valence-corrected chi connectivity index (χ3v) is 8.85. The van der Waals surface area contributed by atoms with Crippen molar-refractivity contribution in [3.05, 3.63) is 0 Å². The lowest BCUT2D eigenvalue weighted by molar-refractivity contribution is -0.302. The molecule has 0 rings (SSSR count). The average Bonchev–Trinajstić information content (AvgIpc) is 2.40. The third kappa shape index (κ3) is 14.3. The molecule has 0 aromatic carbocycles. The Hall–Kier alpha value is -0.100. The van der Waals surface area contributed by atoms with Gasteiger partial charge in [-0.2, -0.15) is 0 Å². The lowest BCUT2D eigenvalue weighted by Crippen LogP contribution is -2.16. The minimum atomic E-state index is -1.08.